The molecule has 0 bridgehead atoms. The molecule has 0 aliphatic rings. The van der Waals surface area contributed by atoms with Crippen LogP contribution in [0.3, 0.4) is 0 Å². The summed E-state index contributed by atoms with van der Waals surface area (Å²) in [6, 6.07) is 0. The second-order valence-electron chi connectivity index (χ2n) is 4.38. The van der Waals surface area contributed by atoms with Gasteiger partial charge in [-0.1, -0.05) is 66.8 Å². The maximum absolute atomic E-state index is 11.3. The molecule has 0 aromatic heterocycles. The third kappa shape index (κ3) is 14.0. The van der Waals surface area contributed by atoms with Gasteiger partial charge in [0.25, 0.3) is 0 Å². The molecule has 0 saturated carbocycles. The Kier molecular flexibility index (Phi) is 11.9. The third-order valence-corrected chi connectivity index (χ3v) is 2.22. The van der Waals surface area contributed by atoms with E-state index < -0.39 is 0 Å². The van der Waals surface area contributed by atoms with Gasteiger partial charge in [0.15, 0.2) is 0 Å². The maximum Gasteiger partial charge on any atom is 0.244 e. The zero-order chi connectivity index (χ0) is 15.1. The average Bonchev–Trinajstić information content (AvgIpc) is 2.42. The lowest BCUT2D eigenvalue weighted by Crippen LogP contribution is -2.22. The van der Waals surface area contributed by atoms with Crippen LogP contribution < -0.4 is 5.32 Å². The van der Waals surface area contributed by atoms with Gasteiger partial charge in [0, 0.05) is 12.6 Å². The fourth-order valence-corrected chi connectivity index (χ4v) is 1.22. The van der Waals surface area contributed by atoms with E-state index in [4.69, 9.17) is 0 Å². The van der Waals surface area contributed by atoms with Gasteiger partial charge in [0.1, 0.15) is 0 Å². The van der Waals surface area contributed by atoms with Crippen molar-refractivity contribution in [3.05, 3.63) is 72.9 Å². The normalized spacial score (nSPS) is 12.5. The van der Waals surface area contributed by atoms with Crippen LogP contribution in [0.2, 0.25) is 0 Å². The number of hydrogen-bond donors (Lipinski definition) is 1. The molecule has 0 unspecified atom stereocenters. The van der Waals surface area contributed by atoms with Gasteiger partial charge in [-0.05, 0) is 26.7 Å². The lowest BCUT2D eigenvalue weighted by atomic mass is 10.2. The molecule has 20 heavy (non-hydrogen) atoms. The van der Waals surface area contributed by atoms with Crippen molar-refractivity contribution in [2.75, 3.05) is 6.54 Å². The van der Waals surface area contributed by atoms with E-state index in [1.165, 1.54) is 6.08 Å². The van der Waals surface area contributed by atoms with E-state index >= 15 is 0 Å². The molecule has 108 valence electrons. The van der Waals surface area contributed by atoms with Crippen LogP contribution in [-0.2, 0) is 4.79 Å². The molecule has 0 heterocycles. The molecule has 1 amide bonds. The highest BCUT2D eigenvalue weighted by Crippen LogP contribution is 1.94. The first kappa shape index (κ1) is 17.9. The summed E-state index contributed by atoms with van der Waals surface area (Å²) in [5, 5.41) is 2.73. The highest BCUT2D eigenvalue weighted by Gasteiger charge is 1.91. The second-order valence-corrected chi connectivity index (χ2v) is 4.38. The molecule has 0 rings (SSSR count). The van der Waals surface area contributed by atoms with Gasteiger partial charge in [0.2, 0.25) is 5.91 Å². The first-order chi connectivity index (χ1) is 9.66. The lowest BCUT2D eigenvalue weighted by molar-refractivity contribution is -0.116. The standard InChI is InChI=1S/C18H25NO/c1-4-5-6-7-8-9-10-11-12-13-14-15-18(20)19-16-17(2)3/h4-9,12-15H,2,10-11,16H2,1,3H3,(H,19,20)/b5-4+,7-6+,9-8-,13-12+,15-14+. The van der Waals surface area contributed by atoms with E-state index in [0.717, 1.165) is 18.4 Å². The minimum Gasteiger partial charge on any atom is -0.349 e. The van der Waals surface area contributed by atoms with Crippen molar-refractivity contribution >= 4 is 5.91 Å². The van der Waals surface area contributed by atoms with E-state index in [2.05, 4.69) is 18.0 Å². The molecule has 0 aromatic carbocycles. The van der Waals surface area contributed by atoms with Crippen LogP contribution in [0.1, 0.15) is 26.7 Å². The fraction of sp³-hybridized carbons (Fsp3) is 0.278. The number of amides is 1. The number of rotatable bonds is 9. The number of unbranched alkanes of at least 4 members (excludes halogenated alkanes) is 1. The summed E-state index contributed by atoms with van der Waals surface area (Å²) in [6.45, 7) is 8.12. The predicted octanol–water partition coefficient (Wildman–Crippen LogP) is 4.26. The molecule has 2 nitrogen and oxygen atoms in total. The molecule has 1 N–H and O–H groups in total. The van der Waals surface area contributed by atoms with E-state index in [0.29, 0.717) is 6.54 Å². The quantitative estimate of drug-likeness (QED) is 0.289. The summed E-state index contributed by atoms with van der Waals surface area (Å²) >= 11 is 0. The molecule has 0 aliphatic carbocycles. The minimum absolute atomic E-state index is 0.0911. The molecule has 0 aromatic rings. The molecule has 0 saturated heterocycles. The summed E-state index contributed by atoms with van der Waals surface area (Å²) in [7, 11) is 0. The number of carbonyl (C=O) groups is 1. The summed E-state index contributed by atoms with van der Waals surface area (Å²) in [5.74, 6) is -0.0911. The monoisotopic (exact) mass is 271 g/mol. The van der Waals surface area contributed by atoms with Crippen molar-refractivity contribution in [1.29, 1.82) is 0 Å². The van der Waals surface area contributed by atoms with Crippen molar-refractivity contribution in [3.8, 4) is 0 Å². The number of allylic oxidation sites excluding steroid dienone is 9. The van der Waals surface area contributed by atoms with Crippen LogP contribution in [0, 0.1) is 0 Å². The number of carbonyl (C=O) groups excluding carboxylic acids is 1. The zero-order valence-corrected chi connectivity index (χ0v) is 12.5. The lowest BCUT2D eigenvalue weighted by Gasteiger charge is -1.98. The molecule has 0 aliphatic heterocycles. The van der Waals surface area contributed by atoms with Gasteiger partial charge >= 0.3 is 0 Å². The third-order valence-electron chi connectivity index (χ3n) is 2.22. The number of hydrogen-bond acceptors (Lipinski definition) is 1. The molecule has 2 heteroatoms. The van der Waals surface area contributed by atoms with Gasteiger partial charge in [-0.15, -0.1) is 0 Å². The Morgan fingerprint density at radius 1 is 1.00 bits per heavy atom. The molecular weight excluding hydrogens is 246 g/mol. The Labute approximate surface area is 123 Å². The highest BCUT2D eigenvalue weighted by molar-refractivity contribution is 5.87. The minimum atomic E-state index is -0.0911. The van der Waals surface area contributed by atoms with E-state index in [-0.39, 0.29) is 5.91 Å². The Balaban J connectivity index is 3.70. The summed E-state index contributed by atoms with van der Waals surface area (Å²) in [6.07, 6.45) is 21.3. The highest BCUT2D eigenvalue weighted by atomic mass is 16.1. The van der Waals surface area contributed by atoms with Gasteiger partial charge in [0.05, 0.1) is 0 Å². The van der Waals surface area contributed by atoms with Crippen molar-refractivity contribution < 1.29 is 4.79 Å². The largest absolute Gasteiger partial charge is 0.349 e. The Morgan fingerprint density at radius 3 is 2.20 bits per heavy atom. The predicted molar refractivity (Wildman–Crippen MR) is 88.4 cm³/mol. The van der Waals surface area contributed by atoms with E-state index in [1.807, 2.05) is 56.4 Å². The first-order valence-corrected chi connectivity index (χ1v) is 6.86. The summed E-state index contributed by atoms with van der Waals surface area (Å²) in [4.78, 5) is 11.3. The summed E-state index contributed by atoms with van der Waals surface area (Å²) in [5.41, 5.74) is 0.942. The van der Waals surface area contributed by atoms with E-state index in [9.17, 15) is 4.79 Å². The maximum atomic E-state index is 11.3. The first-order valence-electron chi connectivity index (χ1n) is 6.86. The second kappa shape index (κ2) is 13.3. The van der Waals surface area contributed by atoms with Gasteiger partial charge in [-0.2, -0.15) is 0 Å². The van der Waals surface area contributed by atoms with E-state index in [1.54, 1.807) is 6.08 Å². The zero-order valence-electron chi connectivity index (χ0n) is 12.5. The van der Waals surface area contributed by atoms with Crippen LogP contribution in [0.4, 0.5) is 0 Å². The van der Waals surface area contributed by atoms with Crippen molar-refractivity contribution in [1.82, 2.24) is 5.32 Å². The van der Waals surface area contributed by atoms with Crippen LogP contribution in [0.15, 0.2) is 72.9 Å². The average molecular weight is 271 g/mol. The molecule has 0 atom stereocenters. The molecule has 0 fully saturated rings. The van der Waals surface area contributed by atoms with Crippen LogP contribution in [0.5, 0.6) is 0 Å². The van der Waals surface area contributed by atoms with Crippen LogP contribution >= 0.6 is 0 Å². The van der Waals surface area contributed by atoms with Crippen molar-refractivity contribution in [2.24, 2.45) is 0 Å². The topological polar surface area (TPSA) is 29.1 Å². The van der Waals surface area contributed by atoms with Crippen LogP contribution in [0.25, 0.3) is 0 Å². The smallest absolute Gasteiger partial charge is 0.244 e. The summed E-state index contributed by atoms with van der Waals surface area (Å²) < 4.78 is 0. The molecule has 0 radical (unpaired) electrons. The van der Waals surface area contributed by atoms with Crippen molar-refractivity contribution in [3.63, 3.8) is 0 Å². The molecule has 0 spiro atoms. The fourth-order valence-electron chi connectivity index (χ4n) is 1.22. The SMILES string of the molecule is C=C(C)CNC(=O)/C=C/C=C/CC\C=C/C=C/C=C/C. The van der Waals surface area contributed by atoms with Crippen molar-refractivity contribution in [2.45, 2.75) is 26.7 Å². The Morgan fingerprint density at radius 2 is 1.60 bits per heavy atom. The molecular formula is C18H25NO. The Hall–Kier alpha value is -2.09. The Bertz CT molecular complexity index is 423. The number of nitrogens with one attached hydrogen (secondary N) is 1. The van der Waals surface area contributed by atoms with Gasteiger partial charge in [-0.25, -0.2) is 0 Å². The van der Waals surface area contributed by atoms with Crippen LogP contribution in [-0.4, -0.2) is 12.5 Å². The van der Waals surface area contributed by atoms with Gasteiger partial charge < -0.3 is 5.32 Å². The van der Waals surface area contributed by atoms with Gasteiger partial charge in [-0.3, -0.25) is 4.79 Å².